The normalized spacial score (nSPS) is 52.8. The number of nitrogens with zero attached hydrogens (tertiary/aromatic N) is 1. The van der Waals surface area contributed by atoms with Crippen LogP contribution in [0.1, 0.15) is 106 Å². The molecule has 34 heavy (non-hydrogen) atoms. The summed E-state index contributed by atoms with van der Waals surface area (Å²) in [4.78, 5) is 12.8. The van der Waals surface area contributed by atoms with E-state index in [2.05, 4.69) is 53.3 Å². The summed E-state index contributed by atoms with van der Waals surface area (Å²) in [5.74, 6) is 1.69. The smallest absolute Gasteiger partial charge is 0.309 e. The first kappa shape index (κ1) is 24.4. The minimum Gasteiger partial charge on any atom is -0.481 e. The number of carbonyl (C=O) groups is 1. The number of oxime groups is 1. The van der Waals surface area contributed by atoms with Crippen molar-refractivity contribution in [1.29, 1.82) is 0 Å². The molecule has 0 radical (unpaired) electrons. The van der Waals surface area contributed by atoms with Crippen LogP contribution in [-0.4, -0.2) is 22.0 Å². The molecule has 0 aromatic carbocycles. The number of hydrogen-bond acceptors (Lipinski definition) is 3. The van der Waals surface area contributed by atoms with E-state index in [0.29, 0.717) is 23.7 Å². The fraction of sp³-hybridized carbons (Fsp3) is 0.867. The first-order valence-corrected chi connectivity index (χ1v) is 13.9. The van der Waals surface area contributed by atoms with E-state index in [1.807, 2.05) is 0 Å². The molecule has 4 heteroatoms. The Labute approximate surface area is 206 Å². The van der Waals surface area contributed by atoms with Gasteiger partial charge in [0.25, 0.3) is 0 Å². The van der Waals surface area contributed by atoms with Crippen LogP contribution in [0, 0.1) is 56.7 Å². The molecule has 9 atom stereocenters. The maximum atomic E-state index is 12.8. The largest absolute Gasteiger partial charge is 0.481 e. The third kappa shape index (κ3) is 2.72. The Morgan fingerprint density at radius 2 is 1.62 bits per heavy atom. The zero-order chi connectivity index (χ0) is 24.9. The summed E-state index contributed by atoms with van der Waals surface area (Å²) in [7, 11) is 0. The van der Waals surface area contributed by atoms with Crippen LogP contribution < -0.4 is 0 Å². The summed E-state index contributed by atoms with van der Waals surface area (Å²) in [6.07, 6.45) is 10.5. The monoisotopic (exact) mass is 469 g/mol. The van der Waals surface area contributed by atoms with Gasteiger partial charge >= 0.3 is 5.97 Å². The van der Waals surface area contributed by atoms with Crippen LogP contribution in [-0.2, 0) is 4.79 Å². The molecule has 0 aromatic heterocycles. The molecule has 0 saturated heterocycles. The van der Waals surface area contributed by atoms with E-state index < -0.39 is 11.4 Å². The van der Waals surface area contributed by atoms with E-state index in [1.165, 1.54) is 24.8 Å². The topological polar surface area (TPSA) is 69.9 Å². The van der Waals surface area contributed by atoms with Gasteiger partial charge in [-0.15, -0.1) is 0 Å². The fourth-order valence-corrected chi connectivity index (χ4v) is 11.5. The van der Waals surface area contributed by atoms with Crippen molar-refractivity contribution >= 4 is 11.7 Å². The highest BCUT2D eigenvalue weighted by atomic mass is 16.4. The van der Waals surface area contributed by atoms with Crippen LogP contribution in [0.3, 0.4) is 0 Å². The highest BCUT2D eigenvalue weighted by Crippen LogP contribution is 2.77. The van der Waals surface area contributed by atoms with E-state index in [9.17, 15) is 15.1 Å². The van der Waals surface area contributed by atoms with Gasteiger partial charge in [-0.1, -0.05) is 51.9 Å². The first-order valence-electron chi connectivity index (χ1n) is 13.9. The second-order valence-corrected chi connectivity index (χ2v) is 14.4. The summed E-state index contributed by atoms with van der Waals surface area (Å²) in [5, 5.41) is 24.0. The van der Waals surface area contributed by atoms with Crippen LogP contribution in [0.5, 0.6) is 0 Å². The molecular weight excluding hydrogens is 422 g/mol. The Morgan fingerprint density at radius 3 is 2.24 bits per heavy atom. The summed E-state index contributed by atoms with van der Waals surface area (Å²) in [6, 6.07) is 0. The van der Waals surface area contributed by atoms with Crippen LogP contribution in [0.2, 0.25) is 0 Å². The van der Waals surface area contributed by atoms with E-state index in [0.717, 1.165) is 50.7 Å². The molecule has 2 N–H and O–H groups in total. The standard InChI is InChI=1S/C30H47NO3/c1-18(2)19-10-15-30(25(32)33)17-16-28(6)20(24(19)30)8-9-22-27(5)13-12-23(31-34)26(3,4)21(27)11-14-29(22,28)7/h19-22,24,34H,1,8-17H2,2-7H3,(H,32,33)/b31-23+/t19?,20?,21?,22?,24?,27-,28+,29+,30?/m0/s1. The lowest BCUT2D eigenvalue weighted by Gasteiger charge is -2.72. The van der Waals surface area contributed by atoms with Gasteiger partial charge in [0.15, 0.2) is 0 Å². The average molecular weight is 470 g/mol. The number of rotatable bonds is 2. The molecule has 6 unspecified atom stereocenters. The number of fused-ring (bicyclic) bond motifs is 7. The van der Waals surface area contributed by atoms with Gasteiger partial charge in [0, 0.05) is 5.41 Å². The molecule has 5 aliphatic rings. The number of allylic oxidation sites excluding steroid dienone is 1. The fourth-order valence-electron chi connectivity index (χ4n) is 11.5. The summed E-state index contributed by atoms with van der Waals surface area (Å²) < 4.78 is 0. The molecule has 0 amide bonds. The third-order valence-electron chi connectivity index (χ3n) is 13.4. The average Bonchev–Trinajstić information content (AvgIpc) is 3.15. The summed E-state index contributed by atoms with van der Waals surface area (Å²) >= 11 is 0. The molecule has 0 aromatic rings. The van der Waals surface area contributed by atoms with Gasteiger partial charge in [0.2, 0.25) is 0 Å². The lowest BCUT2D eigenvalue weighted by atomic mass is 9.32. The molecule has 0 aliphatic heterocycles. The van der Waals surface area contributed by atoms with E-state index in [1.54, 1.807) is 0 Å². The molecule has 0 heterocycles. The maximum Gasteiger partial charge on any atom is 0.309 e. The van der Waals surface area contributed by atoms with Crippen LogP contribution in [0.25, 0.3) is 0 Å². The van der Waals surface area contributed by atoms with Crippen molar-refractivity contribution in [2.24, 2.45) is 61.8 Å². The minimum absolute atomic E-state index is 0.0671. The Kier molecular flexibility index (Phi) is 5.27. The van der Waals surface area contributed by atoms with Crippen molar-refractivity contribution in [1.82, 2.24) is 0 Å². The number of aliphatic carboxylic acids is 1. The van der Waals surface area contributed by atoms with E-state index >= 15 is 0 Å². The molecular formula is C30H47NO3. The maximum absolute atomic E-state index is 12.8. The molecule has 0 bridgehead atoms. The third-order valence-corrected chi connectivity index (χ3v) is 13.4. The van der Waals surface area contributed by atoms with Crippen molar-refractivity contribution in [2.45, 2.75) is 106 Å². The number of carboxylic acids is 1. The van der Waals surface area contributed by atoms with Crippen molar-refractivity contribution in [3.05, 3.63) is 12.2 Å². The Balaban J connectivity index is 1.56. The molecule has 5 rings (SSSR count). The number of hydrogen-bond donors (Lipinski definition) is 2. The molecule has 5 aliphatic carbocycles. The van der Waals surface area contributed by atoms with Crippen molar-refractivity contribution < 1.29 is 15.1 Å². The molecule has 0 spiro atoms. The van der Waals surface area contributed by atoms with Gasteiger partial charge in [-0.2, -0.15) is 0 Å². The van der Waals surface area contributed by atoms with Gasteiger partial charge < -0.3 is 10.3 Å². The number of carboxylic acid groups (broad SMARTS) is 1. The molecule has 5 fully saturated rings. The van der Waals surface area contributed by atoms with Gasteiger partial charge in [-0.25, -0.2) is 0 Å². The van der Waals surface area contributed by atoms with Crippen molar-refractivity contribution in [2.75, 3.05) is 0 Å². The molecule has 4 nitrogen and oxygen atoms in total. The molecule has 190 valence electrons. The zero-order valence-corrected chi connectivity index (χ0v) is 22.4. The van der Waals surface area contributed by atoms with Gasteiger partial charge in [-0.3, -0.25) is 4.79 Å². The second-order valence-electron chi connectivity index (χ2n) is 14.4. The summed E-state index contributed by atoms with van der Waals surface area (Å²) in [6.45, 7) is 18.8. The highest BCUT2D eigenvalue weighted by molar-refractivity contribution is 5.90. The second kappa shape index (κ2) is 7.35. The van der Waals surface area contributed by atoms with Gasteiger partial charge in [0.05, 0.1) is 11.1 Å². The predicted octanol–water partition coefficient (Wildman–Crippen LogP) is 7.56. The van der Waals surface area contributed by atoms with Crippen molar-refractivity contribution in [3.63, 3.8) is 0 Å². The lowest BCUT2D eigenvalue weighted by Crippen LogP contribution is -2.66. The van der Waals surface area contributed by atoms with Crippen LogP contribution >= 0.6 is 0 Å². The Bertz CT molecular complexity index is 937. The summed E-state index contributed by atoms with van der Waals surface area (Å²) in [5.41, 5.74) is 2.20. The van der Waals surface area contributed by atoms with Gasteiger partial charge in [-0.05, 0) is 117 Å². The SMILES string of the molecule is C=C(C)C1CCC2(C(=O)O)CC[C@]3(C)C(CCC4[C@@]5(C)CC/C(=N\O)C(C)(C)C5CC[C@]43C)C12. The minimum atomic E-state index is -0.545. The highest BCUT2D eigenvalue weighted by Gasteiger charge is 2.71. The van der Waals surface area contributed by atoms with E-state index in [-0.39, 0.29) is 27.6 Å². The Hall–Kier alpha value is -1.32. The zero-order valence-electron chi connectivity index (χ0n) is 22.4. The predicted molar refractivity (Wildman–Crippen MR) is 136 cm³/mol. The first-order chi connectivity index (χ1) is 15.8. The lowest BCUT2D eigenvalue weighted by molar-refractivity contribution is -0.230. The quantitative estimate of drug-likeness (QED) is 0.249. The molecule has 5 saturated carbocycles. The van der Waals surface area contributed by atoms with Crippen LogP contribution in [0.15, 0.2) is 17.3 Å². The van der Waals surface area contributed by atoms with Gasteiger partial charge in [0.1, 0.15) is 0 Å². The van der Waals surface area contributed by atoms with Crippen LogP contribution in [0.4, 0.5) is 0 Å². The van der Waals surface area contributed by atoms with E-state index in [4.69, 9.17) is 0 Å². The Morgan fingerprint density at radius 1 is 0.912 bits per heavy atom. The van der Waals surface area contributed by atoms with Crippen molar-refractivity contribution in [3.8, 4) is 0 Å².